The normalized spacial score (nSPS) is 22.5. The molecule has 1 fully saturated rings. The number of carbonyl (C=O) groups is 2. The molecule has 1 saturated heterocycles. The summed E-state index contributed by atoms with van der Waals surface area (Å²) in [6.07, 6.45) is 5.95. The number of benzene rings is 1. The number of hydrogen-bond donors (Lipinski definition) is 1. The predicted octanol–water partition coefficient (Wildman–Crippen LogP) is 2.21. The molecule has 124 valence electrons. The van der Waals surface area contributed by atoms with Gasteiger partial charge in [-0.3, -0.25) is 14.3 Å². The first-order valence-corrected chi connectivity index (χ1v) is 8.31. The molecule has 3 heterocycles. The van der Waals surface area contributed by atoms with Crippen molar-refractivity contribution in [2.45, 2.75) is 31.2 Å². The molecule has 2 atom stereocenters. The summed E-state index contributed by atoms with van der Waals surface area (Å²) in [6, 6.07) is 7.68. The van der Waals surface area contributed by atoms with E-state index < -0.39 is 0 Å². The number of para-hydroxylation sites is 1. The first kappa shape index (κ1) is 14.9. The fourth-order valence-electron chi connectivity index (χ4n) is 3.79. The number of aryl methyl sites for hydroxylation is 1. The van der Waals surface area contributed by atoms with Crippen LogP contribution in [0.5, 0.6) is 0 Å². The van der Waals surface area contributed by atoms with Gasteiger partial charge < -0.3 is 10.2 Å². The number of anilines is 1. The number of carbonyl (C=O) groups excluding carboxylic acids is 2. The van der Waals surface area contributed by atoms with E-state index in [9.17, 15) is 9.59 Å². The van der Waals surface area contributed by atoms with Crippen molar-refractivity contribution in [2.75, 3.05) is 11.9 Å². The van der Waals surface area contributed by atoms with Gasteiger partial charge in [-0.2, -0.15) is 5.10 Å². The van der Waals surface area contributed by atoms with Crippen LogP contribution in [0.15, 0.2) is 36.7 Å². The average Bonchev–Trinajstić information content (AvgIpc) is 3.27. The molecule has 1 N–H and O–H groups in total. The summed E-state index contributed by atoms with van der Waals surface area (Å²) < 4.78 is 1.76. The summed E-state index contributed by atoms with van der Waals surface area (Å²) in [5, 5.41) is 7.08. The maximum atomic E-state index is 12.9. The van der Waals surface area contributed by atoms with Crippen LogP contribution in [0.3, 0.4) is 0 Å². The van der Waals surface area contributed by atoms with Crippen LogP contribution in [0.1, 0.15) is 42.3 Å². The summed E-state index contributed by atoms with van der Waals surface area (Å²) in [7, 11) is 1.88. The molecule has 2 aliphatic rings. The molecule has 0 bridgehead atoms. The van der Waals surface area contributed by atoms with E-state index in [0.717, 1.165) is 36.2 Å². The maximum absolute atomic E-state index is 12.9. The Kier molecular flexibility index (Phi) is 3.59. The van der Waals surface area contributed by atoms with Crippen LogP contribution in [-0.2, 0) is 16.6 Å². The zero-order valence-corrected chi connectivity index (χ0v) is 13.6. The Balaban J connectivity index is 1.53. The molecule has 0 spiro atoms. The molecule has 6 nitrogen and oxygen atoms in total. The molecule has 0 unspecified atom stereocenters. The number of rotatable bonds is 3. The van der Waals surface area contributed by atoms with E-state index in [-0.39, 0.29) is 30.2 Å². The van der Waals surface area contributed by atoms with Crippen molar-refractivity contribution in [2.24, 2.45) is 7.05 Å². The molecule has 6 heteroatoms. The standard InChI is InChI=1S/C18H20N4O2/c1-21-11-12(10-19-21)16-7-4-8-22(16)17(23)9-14-13-5-2-3-6-15(13)20-18(14)24/h2-3,5-6,10-11,14,16H,4,7-9H2,1H3,(H,20,24)/t14-,16-/m1/s1. The minimum atomic E-state index is -0.385. The SMILES string of the molecule is Cn1cc([C@H]2CCCN2C(=O)C[C@H]2C(=O)Nc3ccccc32)cn1. The van der Waals surface area contributed by atoms with Gasteiger partial charge in [0.15, 0.2) is 0 Å². The Morgan fingerprint density at radius 2 is 2.21 bits per heavy atom. The number of fused-ring (bicyclic) bond motifs is 1. The number of hydrogen-bond acceptors (Lipinski definition) is 3. The lowest BCUT2D eigenvalue weighted by molar-refractivity contribution is -0.134. The molecule has 2 amide bonds. The minimum absolute atomic E-state index is 0.0400. The summed E-state index contributed by atoms with van der Waals surface area (Å²) in [5.74, 6) is -0.427. The first-order chi connectivity index (χ1) is 11.6. The van der Waals surface area contributed by atoms with Gasteiger partial charge in [0.1, 0.15) is 0 Å². The highest BCUT2D eigenvalue weighted by Gasteiger charge is 2.36. The van der Waals surface area contributed by atoms with Gasteiger partial charge in [-0.25, -0.2) is 0 Å². The summed E-state index contributed by atoms with van der Waals surface area (Å²) in [6.45, 7) is 0.744. The van der Waals surface area contributed by atoms with E-state index in [0.29, 0.717) is 0 Å². The summed E-state index contributed by atoms with van der Waals surface area (Å²) >= 11 is 0. The molecular weight excluding hydrogens is 304 g/mol. The highest BCUT2D eigenvalue weighted by atomic mass is 16.2. The number of nitrogens with one attached hydrogen (secondary N) is 1. The zero-order chi connectivity index (χ0) is 16.7. The monoisotopic (exact) mass is 324 g/mol. The predicted molar refractivity (Wildman–Crippen MR) is 89.3 cm³/mol. The zero-order valence-electron chi connectivity index (χ0n) is 13.6. The van der Waals surface area contributed by atoms with Crippen molar-refractivity contribution in [1.29, 1.82) is 0 Å². The second-order valence-corrected chi connectivity index (χ2v) is 6.53. The number of likely N-dealkylation sites (tertiary alicyclic amines) is 1. The van der Waals surface area contributed by atoms with Crippen LogP contribution in [-0.4, -0.2) is 33.0 Å². The van der Waals surface area contributed by atoms with E-state index in [2.05, 4.69) is 10.4 Å². The number of aromatic nitrogens is 2. The number of nitrogens with zero attached hydrogens (tertiary/aromatic N) is 3. The lowest BCUT2D eigenvalue weighted by atomic mass is 9.96. The summed E-state index contributed by atoms with van der Waals surface area (Å²) in [5.41, 5.74) is 2.82. The smallest absolute Gasteiger partial charge is 0.232 e. The molecule has 1 aromatic heterocycles. The molecule has 1 aromatic carbocycles. The molecule has 24 heavy (non-hydrogen) atoms. The van der Waals surface area contributed by atoms with Crippen LogP contribution in [0, 0.1) is 0 Å². The fourth-order valence-corrected chi connectivity index (χ4v) is 3.79. The van der Waals surface area contributed by atoms with E-state index in [1.165, 1.54) is 0 Å². The maximum Gasteiger partial charge on any atom is 0.232 e. The third kappa shape index (κ3) is 2.48. The fraction of sp³-hybridized carbons (Fsp3) is 0.389. The highest BCUT2D eigenvalue weighted by Crippen LogP contribution is 2.37. The lowest BCUT2D eigenvalue weighted by Crippen LogP contribution is -2.32. The molecule has 2 aliphatic heterocycles. The van der Waals surface area contributed by atoms with Crippen LogP contribution in [0.4, 0.5) is 5.69 Å². The van der Waals surface area contributed by atoms with Crippen molar-refractivity contribution >= 4 is 17.5 Å². The first-order valence-electron chi connectivity index (χ1n) is 8.31. The van der Waals surface area contributed by atoms with Crippen molar-refractivity contribution in [3.05, 3.63) is 47.8 Å². The van der Waals surface area contributed by atoms with Crippen molar-refractivity contribution < 1.29 is 9.59 Å². The van der Waals surface area contributed by atoms with Gasteiger partial charge in [-0.1, -0.05) is 18.2 Å². The Labute approximate surface area is 140 Å². The quantitative estimate of drug-likeness (QED) is 0.941. The Hall–Kier alpha value is -2.63. The molecular formula is C18H20N4O2. The molecule has 0 saturated carbocycles. The Bertz CT molecular complexity index is 798. The third-order valence-electron chi connectivity index (χ3n) is 4.97. The number of amides is 2. The second kappa shape index (κ2) is 5.78. The Morgan fingerprint density at radius 1 is 1.38 bits per heavy atom. The van der Waals surface area contributed by atoms with Gasteiger partial charge in [0.2, 0.25) is 11.8 Å². The largest absolute Gasteiger partial charge is 0.336 e. The van der Waals surface area contributed by atoms with Gasteiger partial charge in [0.25, 0.3) is 0 Å². The Morgan fingerprint density at radius 3 is 3.00 bits per heavy atom. The van der Waals surface area contributed by atoms with E-state index in [4.69, 9.17) is 0 Å². The third-order valence-corrected chi connectivity index (χ3v) is 4.97. The van der Waals surface area contributed by atoms with Crippen molar-refractivity contribution in [1.82, 2.24) is 14.7 Å². The van der Waals surface area contributed by atoms with Crippen LogP contribution in [0.25, 0.3) is 0 Å². The lowest BCUT2D eigenvalue weighted by Gasteiger charge is -2.25. The van der Waals surface area contributed by atoms with E-state index >= 15 is 0 Å². The molecule has 0 radical (unpaired) electrons. The highest BCUT2D eigenvalue weighted by molar-refractivity contribution is 6.04. The molecule has 4 rings (SSSR count). The van der Waals surface area contributed by atoms with E-state index in [1.54, 1.807) is 4.68 Å². The van der Waals surface area contributed by atoms with Crippen molar-refractivity contribution in [3.63, 3.8) is 0 Å². The van der Waals surface area contributed by atoms with Crippen LogP contribution in [0.2, 0.25) is 0 Å². The van der Waals surface area contributed by atoms with Crippen LogP contribution < -0.4 is 5.32 Å². The van der Waals surface area contributed by atoms with E-state index in [1.807, 2.05) is 48.6 Å². The van der Waals surface area contributed by atoms with Gasteiger partial charge in [-0.15, -0.1) is 0 Å². The van der Waals surface area contributed by atoms with Crippen molar-refractivity contribution in [3.8, 4) is 0 Å². The summed E-state index contributed by atoms with van der Waals surface area (Å²) in [4.78, 5) is 27.0. The van der Waals surface area contributed by atoms with Gasteiger partial charge >= 0.3 is 0 Å². The van der Waals surface area contributed by atoms with Gasteiger partial charge in [0.05, 0.1) is 18.2 Å². The second-order valence-electron chi connectivity index (χ2n) is 6.53. The van der Waals surface area contributed by atoms with Gasteiger partial charge in [-0.05, 0) is 24.5 Å². The van der Waals surface area contributed by atoms with Gasteiger partial charge in [0, 0.05) is 37.5 Å². The topological polar surface area (TPSA) is 67.2 Å². The average molecular weight is 324 g/mol. The van der Waals surface area contributed by atoms with Crippen LogP contribution >= 0.6 is 0 Å². The molecule has 0 aliphatic carbocycles. The molecule has 2 aromatic rings. The minimum Gasteiger partial charge on any atom is -0.336 e.